The number of hydrogen-bond acceptors (Lipinski definition) is 2. The van der Waals surface area contributed by atoms with E-state index < -0.39 is 3.25 Å². The van der Waals surface area contributed by atoms with Crippen molar-refractivity contribution in [2.75, 3.05) is 0 Å². The Kier molecular flexibility index (Phi) is 21.8. The summed E-state index contributed by atoms with van der Waals surface area (Å²) >= 11 is 29.6. The Morgan fingerprint density at radius 1 is 0.379 bits per heavy atom. The fourth-order valence-corrected chi connectivity index (χ4v) is 7.95. The molecule has 0 aliphatic rings. The molecule has 0 aliphatic heterocycles. The van der Waals surface area contributed by atoms with Crippen molar-refractivity contribution in [1.29, 1.82) is 0 Å². The summed E-state index contributed by atoms with van der Waals surface area (Å²) in [6.45, 7) is 4.27. The Hall–Kier alpha value is -4.43. The van der Waals surface area contributed by atoms with E-state index in [4.69, 9.17) is 46.4 Å². The van der Waals surface area contributed by atoms with Gasteiger partial charge in [0.05, 0.1) is 0 Å². The number of halogens is 6. The first-order valence-corrected chi connectivity index (χ1v) is 25.0. The van der Waals surface area contributed by atoms with Gasteiger partial charge in [0, 0.05) is 10.7 Å². The molecule has 1 radical (unpaired) electrons. The number of nitrogens with zero attached hydrogens (tertiary/aromatic N) is 1. The second-order valence-electron chi connectivity index (χ2n) is 14.9. The number of thiol groups is 1. The Bertz CT molecular complexity index is 2560. The van der Waals surface area contributed by atoms with E-state index in [1.165, 1.54) is 89.1 Å². The molecule has 0 bridgehead atoms. The van der Waals surface area contributed by atoms with Gasteiger partial charge in [-0.25, -0.2) is 0 Å². The molecule has 0 N–H and O–H groups in total. The van der Waals surface area contributed by atoms with Crippen LogP contribution in [0.15, 0.2) is 223 Å². The number of benzene rings is 8. The molecule has 0 saturated heterocycles. The Morgan fingerprint density at radius 2 is 0.545 bits per heavy atom. The van der Waals surface area contributed by atoms with Crippen molar-refractivity contribution >= 4 is 121 Å². The molecule has 8 aromatic carbocycles. The van der Waals surface area contributed by atoms with E-state index in [-0.39, 0.29) is 0 Å². The Balaban J connectivity index is 0.000000213. The van der Waals surface area contributed by atoms with Crippen LogP contribution in [-0.4, -0.2) is 10.9 Å². The van der Waals surface area contributed by atoms with Crippen LogP contribution in [0.3, 0.4) is 0 Å². The molecule has 1 nitrogen and oxygen atoms in total. The van der Waals surface area contributed by atoms with Crippen LogP contribution in [0, 0.1) is 13.8 Å². The Morgan fingerprint density at radius 3 is 0.727 bits per heavy atom. The maximum absolute atomic E-state index is 4.83. The molecular formula is C57H47BBr2Cl4NS. The van der Waals surface area contributed by atoms with Crippen LogP contribution in [-0.2, 0) is 10.7 Å². The van der Waals surface area contributed by atoms with Gasteiger partial charge in [0.2, 0.25) is 0 Å². The molecule has 331 valence electrons. The number of hydrogen-bond donors (Lipinski definition) is 1. The van der Waals surface area contributed by atoms with Gasteiger partial charge in [0.15, 0.2) is 0 Å². The van der Waals surface area contributed by atoms with Crippen LogP contribution in [0.5, 0.6) is 0 Å². The van der Waals surface area contributed by atoms with Crippen LogP contribution in [0.2, 0.25) is 0 Å². The van der Waals surface area contributed by atoms with Gasteiger partial charge in [0.1, 0.15) is 0 Å². The molecule has 0 unspecified atom stereocenters. The third-order valence-corrected chi connectivity index (χ3v) is 11.5. The van der Waals surface area contributed by atoms with E-state index in [1.807, 2.05) is 0 Å². The average Bonchev–Trinajstić information content (AvgIpc) is 3.34. The normalized spacial score (nSPS) is 11.5. The zero-order valence-electron chi connectivity index (χ0n) is 36.4. The van der Waals surface area contributed by atoms with E-state index in [1.54, 1.807) is 0 Å². The molecule has 0 aromatic heterocycles. The third-order valence-electron chi connectivity index (χ3n) is 10.2. The van der Waals surface area contributed by atoms with Crippen LogP contribution in [0.4, 0.5) is 0 Å². The first kappa shape index (κ1) is 52.5. The minimum atomic E-state index is -1.61. The van der Waals surface area contributed by atoms with Crippen molar-refractivity contribution < 1.29 is 0 Å². The molecule has 0 saturated carbocycles. The van der Waals surface area contributed by atoms with Gasteiger partial charge in [0.25, 0.3) is 3.25 Å². The molecule has 0 aliphatic carbocycles. The number of rotatable bonds is 10. The van der Waals surface area contributed by atoms with Crippen LogP contribution >= 0.6 is 91.1 Å². The summed E-state index contributed by atoms with van der Waals surface area (Å²) < 4.78 is 1.08. The molecular weight excluding hydrogens is 1040 g/mol. The van der Waals surface area contributed by atoms with Crippen LogP contribution in [0.25, 0.3) is 22.3 Å². The molecule has 0 heterocycles. The number of alkyl halides is 6. The van der Waals surface area contributed by atoms with Crippen molar-refractivity contribution in [3.8, 4) is 0 Å². The van der Waals surface area contributed by atoms with E-state index in [2.05, 4.69) is 289 Å². The summed E-state index contributed by atoms with van der Waals surface area (Å²) in [6, 6.07) is 78.2. The Labute approximate surface area is 434 Å². The second kappa shape index (κ2) is 27.4. The molecule has 0 atom stereocenters. The minimum absolute atomic E-state index is 0.858. The molecule has 9 heteroatoms. The van der Waals surface area contributed by atoms with Crippen molar-refractivity contribution in [3.63, 3.8) is 0 Å². The van der Waals surface area contributed by atoms with Gasteiger partial charge < -0.3 is 0 Å². The van der Waals surface area contributed by atoms with E-state index in [0.29, 0.717) is 0 Å². The van der Waals surface area contributed by atoms with Gasteiger partial charge in [-0.05, 0) is 91.8 Å². The average molecular weight is 1090 g/mol. The molecule has 0 amide bonds. The van der Waals surface area contributed by atoms with E-state index in [9.17, 15) is 0 Å². The van der Waals surface area contributed by atoms with Gasteiger partial charge >= 0.3 is 24.8 Å². The third kappa shape index (κ3) is 16.4. The standard InChI is InChI=1S/C28H22Br2.C28H24.CCl4.BHNS/c29-19-21-11-15-25(16-12-21)27(23-7-3-1-4-8-23)28(24-9-5-2-6-10-24)26-17-13-22(20-30)14-18-26;1-21-13-17-25(18-14-21)27(23-9-5-3-6-10-23)28(24-11-7-4-8-12-24)26-19-15-22(2)16-20-26;2-1(3,4)5;1-2-3/h1-18H,19-20H2;3-20H,1-2H3;;3H/b2*28-27+;;. The SMILES string of the molecule is BrCc1ccc(/C(=C(\c2ccccc2)c2ccc(CBr)cc2)c2ccccc2)cc1.Cc1ccc(/C(=C(\c2ccccc2)c2ccc(C)cc2)c2ccccc2)cc1.ClC(Cl)(Cl)Cl.[B]=NS. The summed E-state index contributed by atoms with van der Waals surface area (Å²) in [5.41, 5.74) is 19.9. The van der Waals surface area contributed by atoms with Gasteiger partial charge in [-0.3, -0.25) is 0 Å². The second-order valence-corrected chi connectivity index (χ2v) is 19.7. The number of aryl methyl sites for hydroxylation is 2. The van der Waals surface area contributed by atoms with Crippen molar-refractivity contribution in [1.82, 2.24) is 0 Å². The monoisotopic (exact) mass is 1090 g/mol. The summed E-state index contributed by atoms with van der Waals surface area (Å²) in [4.78, 5) is 0. The topological polar surface area (TPSA) is 12.4 Å². The molecule has 8 rings (SSSR count). The fraction of sp³-hybridized carbons (Fsp3) is 0.0877. The summed E-state index contributed by atoms with van der Waals surface area (Å²) in [5, 5.41) is 1.72. The quantitative estimate of drug-likeness (QED) is 0.0606. The van der Waals surface area contributed by atoms with Crippen LogP contribution in [0.1, 0.15) is 66.8 Å². The summed E-state index contributed by atoms with van der Waals surface area (Å²) in [6.07, 6.45) is 0. The molecule has 66 heavy (non-hydrogen) atoms. The first-order chi connectivity index (χ1) is 31.9. The van der Waals surface area contributed by atoms with Crippen molar-refractivity contribution in [3.05, 3.63) is 285 Å². The molecule has 0 fully saturated rings. The molecule has 8 aromatic rings. The first-order valence-electron chi connectivity index (χ1n) is 20.9. The van der Waals surface area contributed by atoms with E-state index >= 15 is 0 Å². The van der Waals surface area contributed by atoms with Crippen LogP contribution < -0.4 is 0 Å². The summed E-state index contributed by atoms with van der Waals surface area (Å²) in [5.74, 6) is 0. The van der Waals surface area contributed by atoms with Gasteiger partial charge in [-0.2, -0.15) is 0 Å². The summed E-state index contributed by atoms with van der Waals surface area (Å²) in [7, 11) is 4.34. The van der Waals surface area contributed by atoms with Crippen molar-refractivity contribution in [2.24, 2.45) is 4.30 Å². The zero-order valence-corrected chi connectivity index (χ0v) is 43.5. The fourth-order valence-electron chi connectivity index (χ4n) is 7.20. The molecule has 0 spiro atoms. The predicted molar refractivity (Wildman–Crippen MR) is 300 cm³/mol. The zero-order chi connectivity index (χ0) is 47.3. The van der Waals surface area contributed by atoms with Gasteiger partial charge in [-0.1, -0.05) is 308 Å². The predicted octanol–water partition coefficient (Wildman–Crippen LogP) is 18.5. The van der Waals surface area contributed by atoms with Crippen molar-refractivity contribution in [2.45, 2.75) is 27.8 Å². The van der Waals surface area contributed by atoms with Gasteiger partial charge in [-0.15, -0.1) is 0 Å². The maximum atomic E-state index is 4.83. The van der Waals surface area contributed by atoms with E-state index in [0.717, 1.165) is 10.7 Å².